The van der Waals surface area contributed by atoms with Gasteiger partial charge in [-0.15, -0.1) is 0 Å². The third-order valence-corrected chi connectivity index (χ3v) is 4.15. The fraction of sp³-hybridized carbons (Fsp3) is 0.588. The van der Waals surface area contributed by atoms with Crippen molar-refractivity contribution < 1.29 is 0 Å². The number of nitrogens with two attached hydrogens (primary N) is 1. The minimum absolute atomic E-state index is 0.285. The van der Waals surface area contributed by atoms with Crippen LogP contribution in [-0.4, -0.2) is 18.1 Å². The molecule has 1 aromatic heterocycles. The summed E-state index contributed by atoms with van der Waals surface area (Å²) in [5, 5.41) is 0. The predicted molar refractivity (Wildman–Crippen MR) is 86.0 cm³/mol. The summed E-state index contributed by atoms with van der Waals surface area (Å²) in [7, 11) is 0. The molecule has 0 aromatic carbocycles. The summed E-state index contributed by atoms with van der Waals surface area (Å²) >= 11 is 0. The lowest BCUT2D eigenvalue weighted by atomic mass is 9.83. The van der Waals surface area contributed by atoms with Gasteiger partial charge >= 0.3 is 0 Å². The molecule has 2 rings (SSSR count). The molecule has 20 heavy (non-hydrogen) atoms. The summed E-state index contributed by atoms with van der Waals surface area (Å²) in [5.41, 5.74) is 12.3. The van der Waals surface area contributed by atoms with Gasteiger partial charge in [0.25, 0.3) is 0 Å². The molecule has 0 atom stereocenters. The van der Waals surface area contributed by atoms with E-state index in [-0.39, 0.29) is 5.41 Å². The maximum absolute atomic E-state index is 5.92. The predicted octanol–water partition coefficient (Wildman–Crippen LogP) is 3.34. The van der Waals surface area contributed by atoms with Gasteiger partial charge < -0.3 is 10.6 Å². The van der Waals surface area contributed by atoms with Gasteiger partial charge in [0, 0.05) is 42.3 Å². The van der Waals surface area contributed by atoms with E-state index in [1.165, 1.54) is 11.3 Å². The number of nitrogens with zero attached hydrogens (tertiary/aromatic N) is 2. The Bertz CT molecular complexity index is 524. The summed E-state index contributed by atoms with van der Waals surface area (Å²) in [6.07, 6.45) is 3.52. The van der Waals surface area contributed by atoms with Crippen LogP contribution in [0.2, 0.25) is 0 Å². The standard InChI is InChI=1S/C17H27N3/c1-12-10-16(15(11-18)13(2)19-12)20-8-6-14(7-9-20)17(3,4)5/h6,10H,7-9,11,18H2,1-5H3. The van der Waals surface area contributed by atoms with Gasteiger partial charge in [-0.25, -0.2) is 0 Å². The molecule has 0 amide bonds. The number of hydrogen-bond donors (Lipinski definition) is 1. The van der Waals surface area contributed by atoms with Gasteiger partial charge in [0.15, 0.2) is 0 Å². The highest BCUT2D eigenvalue weighted by Gasteiger charge is 2.22. The SMILES string of the molecule is Cc1cc(N2CC=C(C(C)(C)C)CC2)c(CN)c(C)n1. The number of hydrogen-bond acceptors (Lipinski definition) is 3. The van der Waals surface area contributed by atoms with Crippen molar-refractivity contribution in [2.24, 2.45) is 11.1 Å². The quantitative estimate of drug-likeness (QED) is 0.840. The molecule has 0 bridgehead atoms. The molecule has 0 spiro atoms. The molecule has 1 aliphatic rings. The second-order valence-corrected chi connectivity index (χ2v) is 6.73. The maximum Gasteiger partial charge on any atom is 0.0451 e. The lowest BCUT2D eigenvalue weighted by Gasteiger charge is -2.34. The highest BCUT2D eigenvalue weighted by molar-refractivity contribution is 5.57. The van der Waals surface area contributed by atoms with Gasteiger partial charge in [-0.1, -0.05) is 32.4 Å². The Kier molecular flexibility index (Phi) is 4.19. The normalized spacial score (nSPS) is 16.3. The first-order valence-corrected chi connectivity index (χ1v) is 7.44. The molecule has 0 fully saturated rings. The first kappa shape index (κ1) is 15.0. The number of aromatic nitrogens is 1. The van der Waals surface area contributed by atoms with E-state index in [0.29, 0.717) is 6.54 Å². The molecule has 0 aliphatic carbocycles. The van der Waals surface area contributed by atoms with E-state index in [9.17, 15) is 0 Å². The average Bonchev–Trinajstić information content (AvgIpc) is 2.37. The molecule has 2 heterocycles. The van der Waals surface area contributed by atoms with Crippen LogP contribution in [-0.2, 0) is 6.54 Å². The Hall–Kier alpha value is -1.35. The van der Waals surface area contributed by atoms with Gasteiger partial charge in [0.2, 0.25) is 0 Å². The minimum atomic E-state index is 0.285. The zero-order chi connectivity index (χ0) is 14.9. The largest absolute Gasteiger partial charge is 0.367 e. The average molecular weight is 273 g/mol. The Morgan fingerprint density at radius 1 is 1.30 bits per heavy atom. The topological polar surface area (TPSA) is 42.1 Å². The summed E-state index contributed by atoms with van der Waals surface area (Å²) in [6, 6.07) is 2.17. The first-order chi connectivity index (χ1) is 9.32. The van der Waals surface area contributed by atoms with Crippen molar-refractivity contribution in [2.75, 3.05) is 18.0 Å². The van der Waals surface area contributed by atoms with Crippen molar-refractivity contribution in [1.82, 2.24) is 4.98 Å². The summed E-state index contributed by atoms with van der Waals surface area (Å²) in [5.74, 6) is 0. The molecular formula is C17H27N3. The van der Waals surface area contributed by atoms with Crippen molar-refractivity contribution >= 4 is 5.69 Å². The molecule has 0 unspecified atom stereocenters. The van der Waals surface area contributed by atoms with Gasteiger partial charge in [-0.05, 0) is 31.7 Å². The number of rotatable bonds is 2. The Morgan fingerprint density at radius 3 is 2.50 bits per heavy atom. The van der Waals surface area contributed by atoms with Crippen molar-refractivity contribution in [2.45, 2.75) is 47.6 Å². The lowest BCUT2D eigenvalue weighted by Crippen LogP contribution is -2.32. The molecule has 3 heteroatoms. The molecule has 2 N–H and O–H groups in total. The second kappa shape index (κ2) is 5.57. The molecule has 1 aliphatic heterocycles. The molecule has 0 saturated heterocycles. The van der Waals surface area contributed by atoms with E-state index in [2.05, 4.69) is 56.6 Å². The van der Waals surface area contributed by atoms with Crippen LogP contribution in [0.4, 0.5) is 5.69 Å². The fourth-order valence-electron chi connectivity index (χ4n) is 2.94. The number of aryl methyl sites for hydroxylation is 2. The Labute approximate surface area is 122 Å². The number of anilines is 1. The van der Waals surface area contributed by atoms with E-state index >= 15 is 0 Å². The van der Waals surface area contributed by atoms with Crippen LogP contribution in [0, 0.1) is 19.3 Å². The molecular weight excluding hydrogens is 246 g/mol. The van der Waals surface area contributed by atoms with E-state index in [4.69, 9.17) is 5.73 Å². The smallest absolute Gasteiger partial charge is 0.0451 e. The Morgan fingerprint density at radius 2 is 2.00 bits per heavy atom. The van der Waals surface area contributed by atoms with Crippen LogP contribution in [0.15, 0.2) is 17.7 Å². The molecule has 0 radical (unpaired) electrons. The van der Waals surface area contributed by atoms with E-state index < -0.39 is 0 Å². The van der Waals surface area contributed by atoms with Crippen LogP contribution < -0.4 is 10.6 Å². The Balaban J connectivity index is 2.29. The highest BCUT2D eigenvalue weighted by atomic mass is 15.1. The highest BCUT2D eigenvalue weighted by Crippen LogP contribution is 2.33. The van der Waals surface area contributed by atoms with Crippen molar-refractivity contribution in [1.29, 1.82) is 0 Å². The van der Waals surface area contributed by atoms with Gasteiger partial charge in [-0.3, -0.25) is 4.98 Å². The maximum atomic E-state index is 5.92. The van der Waals surface area contributed by atoms with Gasteiger partial charge in [-0.2, -0.15) is 0 Å². The second-order valence-electron chi connectivity index (χ2n) is 6.73. The lowest BCUT2D eigenvalue weighted by molar-refractivity contribution is 0.472. The van der Waals surface area contributed by atoms with Gasteiger partial charge in [0.05, 0.1) is 0 Å². The van der Waals surface area contributed by atoms with Gasteiger partial charge in [0.1, 0.15) is 0 Å². The molecule has 110 valence electrons. The van der Waals surface area contributed by atoms with Crippen molar-refractivity contribution in [3.63, 3.8) is 0 Å². The summed E-state index contributed by atoms with van der Waals surface area (Å²) in [4.78, 5) is 6.96. The third kappa shape index (κ3) is 3.04. The third-order valence-electron chi connectivity index (χ3n) is 4.15. The van der Waals surface area contributed by atoms with Crippen LogP contribution in [0.1, 0.15) is 44.1 Å². The summed E-state index contributed by atoms with van der Waals surface area (Å²) in [6.45, 7) is 13.6. The fourth-order valence-corrected chi connectivity index (χ4v) is 2.94. The molecule has 1 aromatic rings. The monoisotopic (exact) mass is 273 g/mol. The van der Waals surface area contributed by atoms with E-state index in [0.717, 1.165) is 30.9 Å². The van der Waals surface area contributed by atoms with Crippen molar-refractivity contribution in [3.8, 4) is 0 Å². The molecule has 0 saturated carbocycles. The van der Waals surface area contributed by atoms with E-state index in [1.54, 1.807) is 5.57 Å². The zero-order valence-electron chi connectivity index (χ0n) is 13.5. The van der Waals surface area contributed by atoms with E-state index in [1.807, 2.05) is 0 Å². The summed E-state index contributed by atoms with van der Waals surface area (Å²) < 4.78 is 0. The first-order valence-electron chi connectivity index (χ1n) is 7.44. The van der Waals surface area contributed by atoms with Crippen LogP contribution in [0.25, 0.3) is 0 Å². The molecule has 3 nitrogen and oxygen atoms in total. The number of pyridine rings is 1. The van der Waals surface area contributed by atoms with Crippen LogP contribution >= 0.6 is 0 Å². The zero-order valence-corrected chi connectivity index (χ0v) is 13.5. The van der Waals surface area contributed by atoms with Crippen LogP contribution in [0.3, 0.4) is 0 Å². The van der Waals surface area contributed by atoms with Crippen LogP contribution in [0.5, 0.6) is 0 Å². The van der Waals surface area contributed by atoms with Crippen molar-refractivity contribution in [3.05, 3.63) is 34.7 Å². The minimum Gasteiger partial charge on any atom is -0.367 e.